The molecule has 5 aliphatic rings. The second kappa shape index (κ2) is 6.47. The summed E-state index contributed by atoms with van der Waals surface area (Å²) in [5.41, 5.74) is 1.48. The maximum Gasteiger partial charge on any atom is 0.0113 e. The fourth-order valence-corrected chi connectivity index (χ4v) is 6.72. The molecule has 4 heteroatoms. The Hall–Kier alpha value is -0.160. The molecule has 3 aliphatic heterocycles. The molecule has 0 bridgehead atoms. The number of nitrogens with zero attached hydrogens (tertiary/aromatic N) is 3. The lowest BCUT2D eigenvalue weighted by molar-refractivity contribution is -0.0858. The van der Waals surface area contributed by atoms with Crippen LogP contribution in [0.4, 0.5) is 0 Å². The fourth-order valence-electron chi connectivity index (χ4n) is 6.72. The van der Waals surface area contributed by atoms with E-state index in [0.29, 0.717) is 0 Å². The van der Waals surface area contributed by atoms with Crippen molar-refractivity contribution < 1.29 is 0 Å². The highest BCUT2D eigenvalue weighted by Crippen LogP contribution is 2.54. The molecule has 0 aromatic heterocycles. The van der Waals surface area contributed by atoms with Gasteiger partial charge in [0, 0.05) is 38.3 Å². The van der Waals surface area contributed by atoms with E-state index in [1.165, 1.54) is 104 Å². The summed E-state index contributed by atoms with van der Waals surface area (Å²) < 4.78 is 0. The van der Waals surface area contributed by atoms with E-state index in [9.17, 15) is 0 Å². The van der Waals surface area contributed by atoms with Gasteiger partial charge in [-0.3, -0.25) is 4.90 Å². The van der Waals surface area contributed by atoms with E-state index >= 15 is 0 Å². The Bertz CT molecular complexity index is 454. The Morgan fingerprint density at radius 1 is 0.640 bits per heavy atom. The van der Waals surface area contributed by atoms with Crippen molar-refractivity contribution in [3.63, 3.8) is 0 Å². The number of likely N-dealkylation sites (N-methyl/N-ethyl adjacent to an activating group) is 1. The summed E-state index contributed by atoms with van der Waals surface area (Å²) in [6.07, 6.45) is 11.9. The van der Waals surface area contributed by atoms with Gasteiger partial charge in [-0.05, 0) is 95.4 Å². The number of piperazine rings is 1. The second-order valence-electron chi connectivity index (χ2n) is 10.2. The van der Waals surface area contributed by atoms with Crippen LogP contribution < -0.4 is 5.32 Å². The molecule has 0 radical (unpaired) electrons. The van der Waals surface area contributed by atoms with Crippen LogP contribution in [0.15, 0.2) is 0 Å². The van der Waals surface area contributed by atoms with E-state index < -0.39 is 0 Å². The van der Waals surface area contributed by atoms with Crippen molar-refractivity contribution in [1.29, 1.82) is 0 Å². The molecule has 5 rings (SSSR count). The molecule has 0 aromatic carbocycles. The minimum Gasteiger partial charge on any atom is -0.317 e. The van der Waals surface area contributed by atoms with Gasteiger partial charge < -0.3 is 15.1 Å². The lowest BCUT2D eigenvalue weighted by atomic mass is 9.57. The first-order chi connectivity index (χ1) is 12.2. The minimum atomic E-state index is 0.737. The van der Waals surface area contributed by atoms with Crippen molar-refractivity contribution >= 4 is 0 Å². The molecular formula is C21H38N4. The molecule has 1 N–H and O–H groups in total. The molecule has 3 saturated heterocycles. The molecule has 0 unspecified atom stereocenters. The summed E-state index contributed by atoms with van der Waals surface area (Å²) in [7, 11) is 2.27. The largest absolute Gasteiger partial charge is 0.317 e. The smallest absolute Gasteiger partial charge is 0.0113 e. The van der Waals surface area contributed by atoms with Gasteiger partial charge in [0.15, 0.2) is 0 Å². The van der Waals surface area contributed by atoms with Crippen molar-refractivity contribution in [1.82, 2.24) is 20.0 Å². The Kier molecular flexibility index (Phi) is 4.39. The third kappa shape index (κ3) is 3.18. The van der Waals surface area contributed by atoms with Crippen LogP contribution in [-0.2, 0) is 0 Å². The quantitative estimate of drug-likeness (QED) is 0.826. The van der Waals surface area contributed by atoms with Gasteiger partial charge in [-0.15, -0.1) is 0 Å². The number of rotatable bonds is 2. The Morgan fingerprint density at radius 2 is 1.12 bits per heavy atom. The normalized spacial score (nSPS) is 37.1. The topological polar surface area (TPSA) is 21.8 Å². The van der Waals surface area contributed by atoms with E-state index in [0.717, 1.165) is 22.9 Å². The molecular weight excluding hydrogens is 308 g/mol. The van der Waals surface area contributed by atoms with Crippen LogP contribution in [0.2, 0.25) is 0 Å². The lowest BCUT2D eigenvalue weighted by Gasteiger charge is -2.59. The van der Waals surface area contributed by atoms with Crippen LogP contribution in [0.25, 0.3) is 0 Å². The molecule has 25 heavy (non-hydrogen) atoms. The second-order valence-corrected chi connectivity index (χ2v) is 10.2. The van der Waals surface area contributed by atoms with Gasteiger partial charge in [0.2, 0.25) is 0 Å². The first-order valence-electron chi connectivity index (χ1n) is 11.0. The molecule has 5 fully saturated rings. The molecule has 0 amide bonds. The summed E-state index contributed by atoms with van der Waals surface area (Å²) in [5, 5.41) is 3.54. The van der Waals surface area contributed by atoms with Gasteiger partial charge in [-0.25, -0.2) is 0 Å². The van der Waals surface area contributed by atoms with E-state index in [1.54, 1.807) is 0 Å². The summed E-state index contributed by atoms with van der Waals surface area (Å²) >= 11 is 0. The third-order valence-corrected chi connectivity index (χ3v) is 8.77. The van der Waals surface area contributed by atoms with Crippen molar-refractivity contribution in [3.8, 4) is 0 Å². The Morgan fingerprint density at radius 3 is 1.68 bits per heavy atom. The number of likely N-dealkylation sites (tertiary alicyclic amines) is 1. The highest BCUT2D eigenvalue weighted by Gasteiger charge is 2.51. The fraction of sp³-hybridized carbons (Fsp3) is 1.00. The van der Waals surface area contributed by atoms with Crippen LogP contribution in [0.1, 0.15) is 51.4 Å². The molecule has 0 aromatic rings. The molecule has 2 spiro atoms. The van der Waals surface area contributed by atoms with E-state index in [1.807, 2.05) is 0 Å². The molecule has 2 saturated carbocycles. The number of piperidine rings is 2. The monoisotopic (exact) mass is 346 g/mol. The first-order valence-corrected chi connectivity index (χ1v) is 11.0. The Labute approximate surface area is 154 Å². The van der Waals surface area contributed by atoms with Crippen LogP contribution in [0.3, 0.4) is 0 Å². The SMILES string of the molecule is CN1CCN(C2CC3(CCN(C4CC5(CCNCC5)C4)CC3)C2)CC1. The Balaban J connectivity index is 1.06. The van der Waals surface area contributed by atoms with E-state index in [4.69, 9.17) is 0 Å². The maximum atomic E-state index is 3.54. The van der Waals surface area contributed by atoms with Crippen LogP contribution in [0.5, 0.6) is 0 Å². The van der Waals surface area contributed by atoms with Crippen LogP contribution in [0, 0.1) is 10.8 Å². The molecule has 0 atom stereocenters. The van der Waals surface area contributed by atoms with Crippen molar-refractivity contribution in [3.05, 3.63) is 0 Å². The van der Waals surface area contributed by atoms with Gasteiger partial charge in [0.25, 0.3) is 0 Å². The summed E-state index contributed by atoms with van der Waals surface area (Å²) in [6, 6.07) is 1.85. The van der Waals surface area contributed by atoms with E-state index in [2.05, 4.69) is 27.1 Å². The summed E-state index contributed by atoms with van der Waals surface area (Å²) in [6.45, 7) is 10.5. The van der Waals surface area contributed by atoms with Gasteiger partial charge in [-0.2, -0.15) is 0 Å². The van der Waals surface area contributed by atoms with E-state index in [-0.39, 0.29) is 0 Å². The highest BCUT2D eigenvalue weighted by molar-refractivity contribution is 5.05. The highest BCUT2D eigenvalue weighted by atomic mass is 15.3. The first kappa shape index (κ1) is 17.0. The van der Waals surface area contributed by atoms with Gasteiger partial charge in [0.1, 0.15) is 0 Å². The molecule has 4 nitrogen and oxygen atoms in total. The average molecular weight is 347 g/mol. The van der Waals surface area contributed by atoms with Crippen molar-refractivity contribution in [2.24, 2.45) is 10.8 Å². The molecule has 142 valence electrons. The zero-order valence-electron chi connectivity index (χ0n) is 16.3. The zero-order valence-corrected chi connectivity index (χ0v) is 16.3. The molecule has 3 heterocycles. The van der Waals surface area contributed by atoms with Gasteiger partial charge >= 0.3 is 0 Å². The van der Waals surface area contributed by atoms with Crippen LogP contribution in [-0.4, -0.2) is 86.2 Å². The van der Waals surface area contributed by atoms with Crippen molar-refractivity contribution in [2.75, 3.05) is 59.4 Å². The number of nitrogens with one attached hydrogen (secondary N) is 1. The lowest BCUT2D eigenvalue weighted by Crippen LogP contribution is -2.61. The molecule has 2 aliphatic carbocycles. The van der Waals surface area contributed by atoms with Crippen LogP contribution >= 0.6 is 0 Å². The van der Waals surface area contributed by atoms with Crippen molar-refractivity contribution in [2.45, 2.75) is 63.5 Å². The maximum absolute atomic E-state index is 3.54. The van der Waals surface area contributed by atoms with Gasteiger partial charge in [0.05, 0.1) is 0 Å². The third-order valence-electron chi connectivity index (χ3n) is 8.77. The zero-order chi connectivity index (χ0) is 16.9. The number of hydrogen-bond donors (Lipinski definition) is 1. The summed E-state index contributed by atoms with van der Waals surface area (Å²) in [5.74, 6) is 0. The minimum absolute atomic E-state index is 0.737. The summed E-state index contributed by atoms with van der Waals surface area (Å²) in [4.78, 5) is 8.16. The standard InChI is InChI=1S/C21H38N4/c1-23-10-12-25(13-11-23)19-16-21(17-19)4-8-24(9-5-21)18-14-20(15-18)2-6-22-7-3-20/h18-19,22H,2-17H2,1H3. The predicted octanol–water partition coefficient (Wildman–Crippen LogP) is 2.01. The van der Waals surface area contributed by atoms with Gasteiger partial charge in [-0.1, -0.05) is 0 Å². The number of hydrogen-bond acceptors (Lipinski definition) is 4. The predicted molar refractivity (Wildman–Crippen MR) is 103 cm³/mol. The average Bonchev–Trinajstić information content (AvgIpc) is 2.59.